The molecule has 4 amide bonds. The van der Waals surface area contributed by atoms with Gasteiger partial charge in [0.1, 0.15) is 0 Å². The van der Waals surface area contributed by atoms with Crippen molar-refractivity contribution >= 4 is 127 Å². The first-order valence-electron chi connectivity index (χ1n) is 18.4. The van der Waals surface area contributed by atoms with Crippen LogP contribution >= 0.6 is 58.0 Å². The number of azo groups is 2. The standard InChI is InChI=1S/C43H35Cl5N8O6/c1-23(57)38(55-53-29-11-14-33(47)31(18-29)40(59)50-35-9-5-3-7-25(35)20-44)42(61)49-28-13-16-37(27(17-28)22-46)52-43(62)39(24(2)58)56-54-30-12-15-34(48)32(19-30)41(60)51-36-10-6-4-8-26(36)21-45/h3-19,38-39H,20-22H2,1-2H3,(H,49,61)(H,50,59)(H,51,60)(H,52,62). The van der Waals surface area contributed by atoms with Gasteiger partial charge in [-0.3, -0.25) is 28.8 Å². The van der Waals surface area contributed by atoms with Gasteiger partial charge in [-0.25, -0.2) is 0 Å². The third-order valence-electron chi connectivity index (χ3n) is 8.83. The second kappa shape index (κ2) is 22.2. The van der Waals surface area contributed by atoms with E-state index >= 15 is 0 Å². The van der Waals surface area contributed by atoms with Crippen LogP contribution in [-0.4, -0.2) is 47.3 Å². The number of nitrogens with zero attached hydrogens (tertiary/aromatic N) is 4. The number of ketones is 2. The summed E-state index contributed by atoms with van der Waals surface area (Å²) in [6.07, 6.45) is 0. The minimum Gasteiger partial charge on any atom is -0.324 e. The molecule has 0 fully saturated rings. The van der Waals surface area contributed by atoms with Crippen molar-refractivity contribution in [2.75, 3.05) is 21.3 Å². The van der Waals surface area contributed by atoms with Crippen LogP contribution in [0, 0.1) is 0 Å². The predicted molar refractivity (Wildman–Crippen MR) is 242 cm³/mol. The van der Waals surface area contributed by atoms with Gasteiger partial charge < -0.3 is 21.3 Å². The number of rotatable bonds is 17. The zero-order valence-electron chi connectivity index (χ0n) is 32.7. The number of Topliss-reactive ketones (excluding diaryl/α,β-unsaturated/α-hetero) is 2. The van der Waals surface area contributed by atoms with Crippen molar-refractivity contribution in [2.45, 2.75) is 43.6 Å². The number of alkyl halides is 3. The Kier molecular flexibility index (Phi) is 16.8. The fourth-order valence-corrected chi connectivity index (χ4v) is 6.69. The Morgan fingerprint density at radius 3 is 1.35 bits per heavy atom. The van der Waals surface area contributed by atoms with E-state index in [-0.39, 0.29) is 61.6 Å². The molecule has 0 saturated carbocycles. The van der Waals surface area contributed by atoms with Crippen molar-refractivity contribution in [1.82, 2.24) is 0 Å². The van der Waals surface area contributed by atoms with Gasteiger partial charge in [-0.15, -0.1) is 34.8 Å². The summed E-state index contributed by atoms with van der Waals surface area (Å²) in [4.78, 5) is 77.9. The number of anilines is 4. The highest BCUT2D eigenvalue weighted by Crippen LogP contribution is 2.29. The second-order valence-electron chi connectivity index (χ2n) is 13.3. The van der Waals surface area contributed by atoms with E-state index in [0.29, 0.717) is 28.1 Å². The lowest BCUT2D eigenvalue weighted by molar-refractivity contribution is -0.127. The van der Waals surface area contributed by atoms with Crippen LogP contribution in [0.15, 0.2) is 124 Å². The molecule has 0 spiro atoms. The SMILES string of the molecule is CC(=O)C(N=Nc1ccc(Cl)c(C(=O)Nc2ccccc2CCl)c1)C(=O)Nc1ccc(NC(=O)C(N=Nc2ccc(Cl)c(C(=O)Nc3ccccc3CCl)c2)C(C)=O)c(CCl)c1. The maximum atomic E-state index is 13.3. The Hall–Kier alpha value is -6.03. The van der Waals surface area contributed by atoms with Crippen molar-refractivity contribution in [3.63, 3.8) is 0 Å². The molecule has 5 aromatic rings. The molecule has 0 aromatic heterocycles. The van der Waals surface area contributed by atoms with Crippen molar-refractivity contribution in [1.29, 1.82) is 0 Å². The number of amides is 4. The average Bonchev–Trinajstić information content (AvgIpc) is 3.25. The van der Waals surface area contributed by atoms with Crippen LogP contribution in [0.3, 0.4) is 0 Å². The molecule has 2 unspecified atom stereocenters. The maximum Gasteiger partial charge on any atom is 0.258 e. The molecule has 0 saturated heterocycles. The van der Waals surface area contributed by atoms with Gasteiger partial charge in [-0.2, -0.15) is 20.5 Å². The number of carbonyl (C=O) groups excluding carboxylic acids is 6. The zero-order chi connectivity index (χ0) is 44.9. The Morgan fingerprint density at radius 1 is 0.500 bits per heavy atom. The fourth-order valence-electron chi connectivity index (χ4n) is 5.60. The number of halogens is 5. The summed E-state index contributed by atoms with van der Waals surface area (Å²) in [5.41, 5.74) is 3.54. The third kappa shape index (κ3) is 12.3. The van der Waals surface area contributed by atoms with Crippen LogP contribution < -0.4 is 21.3 Å². The quantitative estimate of drug-likeness (QED) is 0.0406. The van der Waals surface area contributed by atoms with Gasteiger partial charge in [0.05, 0.1) is 32.5 Å². The average molecular weight is 937 g/mol. The first-order chi connectivity index (χ1) is 29.7. The highest BCUT2D eigenvalue weighted by Gasteiger charge is 2.26. The largest absolute Gasteiger partial charge is 0.324 e. The normalized spacial score (nSPS) is 12.1. The number of nitrogens with one attached hydrogen (secondary N) is 4. The van der Waals surface area contributed by atoms with Gasteiger partial charge in [0.2, 0.25) is 12.1 Å². The molecular weight excluding hydrogens is 902 g/mol. The minimum atomic E-state index is -1.60. The van der Waals surface area contributed by atoms with Gasteiger partial charge in [-0.05, 0) is 97.3 Å². The smallest absolute Gasteiger partial charge is 0.258 e. The van der Waals surface area contributed by atoms with Crippen molar-refractivity contribution in [2.24, 2.45) is 20.5 Å². The number of hydrogen-bond donors (Lipinski definition) is 4. The number of hydrogen-bond acceptors (Lipinski definition) is 10. The molecule has 5 aromatic carbocycles. The summed E-state index contributed by atoms with van der Waals surface area (Å²) in [6.45, 7) is 2.32. The van der Waals surface area contributed by atoms with E-state index in [1.807, 2.05) is 0 Å². The molecule has 318 valence electrons. The number of benzene rings is 5. The van der Waals surface area contributed by atoms with E-state index < -0.39 is 47.3 Å². The van der Waals surface area contributed by atoms with Crippen LogP contribution in [0.4, 0.5) is 34.1 Å². The molecule has 4 N–H and O–H groups in total. The Bertz CT molecular complexity index is 2610. The first-order valence-corrected chi connectivity index (χ1v) is 20.7. The molecule has 0 heterocycles. The van der Waals surface area contributed by atoms with E-state index in [0.717, 1.165) is 13.8 Å². The topological polar surface area (TPSA) is 200 Å². The lowest BCUT2D eigenvalue weighted by Gasteiger charge is -2.15. The van der Waals surface area contributed by atoms with E-state index in [1.165, 1.54) is 54.6 Å². The van der Waals surface area contributed by atoms with Crippen molar-refractivity contribution in [3.05, 3.63) is 141 Å². The van der Waals surface area contributed by atoms with Crippen LogP contribution in [-0.2, 0) is 36.8 Å². The van der Waals surface area contributed by atoms with Gasteiger partial charge >= 0.3 is 0 Å². The third-order valence-corrected chi connectivity index (χ3v) is 10.3. The summed E-state index contributed by atoms with van der Waals surface area (Å²) in [6, 6.07) is 23.6. The highest BCUT2D eigenvalue weighted by atomic mass is 35.5. The summed E-state index contributed by atoms with van der Waals surface area (Å²) in [5.74, 6) is -3.82. The molecule has 0 aliphatic rings. The molecule has 0 bridgehead atoms. The van der Waals surface area contributed by atoms with Crippen molar-refractivity contribution < 1.29 is 28.8 Å². The second-order valence-corrected chi connectivity index (χ2v) is 14.9. The van der Waals surface area contributed by atoms with Crippen LogP contribution in [0.5, 0.6) is 0 Å². The van der Waals surface area contributed by atoms with Crippen LogP contribution in [0.25, 0.3) is 0 Å². The first kappa shape index (κ1) is 47.0. The lowest BCUT2D eigenvalue weighted by atomic mass is 10.1. The van der Waals surface area contributed by atoms with Gasteiger partial charge in [0.25, 0.3) is 23.6 Å². The molecule has 14 nitrogen and oxygen atoms in total. The number of para-hydroxylation sites is 2. The van der Waals surface area contributed by atoms with Gasteiger partial charge in [0, 0.05) is 40.4 Å². The summed E-state index contributed by atoms with van der Waals surface area (Å²) in [7, 11) is 0. The summed E-state index contributed by atoms with van der Waals surface area (Å²) >= 11 is 30.8. The monoisotopic (exact) mass is 934 g/mol. The molecule has 0 aliphatic heterocycles. The molecule has 0 aliphatic carbocycles. The van der Waals surface area contributed by atoms with Gasteiger partial charge in [-0.1, -0.05) is 59.6 Å². The zero-order valence-corrected chi connectivity index (χ0v) is 36.5. The molecule has 62 heavy (non-hydrogen) atoms. The molecule has 19 heteroatoms. The van der Waals surface area contributed by atoms with E-state index in [4.69, 9.17) is 58.0 Å². The Morgan fingerprint density at radius 2 is 0.919 bits per heavy atom. The van der Waals surface area contributed by atoms with Crippen molar-refractivity contribution in [3.8, 4) is 0 Å². The summed E-state index contributed by atoms with van der Waals surface area (Å²) in [5, 5.41) is 27.0. The van der Waals surface area contributed by atoms with E-state index in [9.17, 15) is 28.8 Å². The highest BCUT2D eigenvalue weighted by molar-refractivity contribution is 6.35. The molecular formula is C43H35Cl5N8O6. The fraction of sp³-hybridized carbons (Fsp3) is 0.163. The lowest BCUT2D eigenvalue weighted by Crippen LogP contribution is -2.32. The molecule has 0 radical (unpaired) electrons. The van der Waals surface area contributed by atoms with Crippen LogP contribution in [0.2, 0.25) is 10.0 Å². The Labute approximate surface area is 380 Å². The Balaban J connectivity index is 1.26. The molecule has 2 atom stereocenters. The molecule has 5 rings (SSSR count). The maximum absolute atomic E-state index is 13.3. The van der Waals surface area contributed by atoms with Gasteiger partial charge in [0.15, 0.2) is 11.6 Å². The van der Waals surface area contributed by atoms with Crippen LogP contribution in [0.1, 0.15) is 51.3 Å². The predicted octanol–water partition coefficient (Wildman–Crippen LogP) is 11.1. The van der Waals surface area contributed by atoms with E-state index in [2.05, 4.69) is 41.7 Å². The van der Waals surface area contributed by atoms with E-state index in [1.54, 1.807) is 48.5 Å². The summed E-state index contributed by atoms with van der Waals surface area (Å²) < 4.78 is 0. The number of carbonyl (C=O) groups is 6. The minimum absolute atomic E-state index is 0.0655.